The number of fused-ring (bicyclic) bond motifs is 2. The number of rotatable bonds is 0. The normalized spacial score (nSPS) is 19.2. The molecule has 2 aromatic rings. The molecule has 0 N–H and O–H groups in total. The molecule has 0 aliphatic heterocycles. The molecule has 0 radical (unpaired) electrons. The molecule has 2 aliphatic rings. The summed E-state index contributed by atoms with van der Waals surface area (Å²) in [5.41, 5.74) is 8.53. The Kier molecular flexibility index (Phi) is 7.49. The van der Waals surface area contributed by atoms with Gasteiger partial charge in [-0.15, -0.1) is 0 Å². The average molecular weight is 476 g/mol. The lowest BCUT2D eigenvalue weighted by atomic mass is 9.99. The predicted molar refractivity (Wildman–Crippen MR) is 124 cm³/mol. The Bertz CT molecular complexity index is 772. The summed E-state index contributed by atoms with van der Waals surface area (Å²) in [6.07, 6.45) is 4.54. The van der Waals surface area contributed by atoms with Crippen LogP contribution in [0.4, 0.5) is 0 Å². The van der Waals surface area contributed by atoms with Crippen LogP contribution in [0.3, 0.4) is 0 Å². The second-order valence-corrected chi connectivity index (χ2v) is 8.41. The third-order valence-electron chi connectivity index (χ3n) is 5.22. The van der Waals surface area contributed by atoms with Gasteiger partial charge in [-0.2, -0.15) is 0 Å². The van der Waals surface area contributed by atoms with Gasteiger partial charge in [-0.3, -0.25) is 0 Å². The summed E-state index contributed by atoms with van der Waals surface area (Å²) in [6.45, 7) is 12.9. The van der Waals surface area contributed by atoms with E-state index in [-0.39, 0.29) is 0 Å². The highest BCUT2D eigenvalue weighted by Gasteiger charge is 2.19. The predicted octanol–water partition coefficient (Wildman–Crippen LogP) is 8.97. The number of hydrogen-bond acceptors (Lipinski definition) is 0. The summed E-state index contributed by atoms with van der Waals surface area (Å²) in [7, 11) is 0. The molecule has 138 valence electrons. The van der Waals surface area contributed by atoms with Gasteiger partial charge in [-0.05, 0) is 48.2 Å². The Hall–Kier alpha value is -1.12. The molecule has 0 heterocycles. The van der Waals surface area contributed by atoms with Crippen molar-refractivity contribution in [2.75, 3.05) is 0 Å². The smallest absolute Gasteiger partial charge is 0.0250 e. The summed E-state index contributed by atoms with van der Waals surface area (Å²) in [5, 5.41) is 0. The van der Waals surface area contributed by atoms with Crippen LogP contribution in [-0.2, 0) is 0 Å². The summed E-state index contributed by atoms with van der Waals surface area (Å²) < 4.78 is 2.42. The van der Waals surface area contributed by atoms with E-state index < -0.39 is 0 Å². The average Bonchev–Trinajstić information content (AvgIpc) is 3.10. The zero-order valence-electron chi connectivity index (χ0n) is 16.5. The maximum absolute atomic E-state index is 3.56. The van der Waals surface area contributed by atoms with Crippen LogP contribution in [-0.4, -0.2) is 0 Å². The highest BCUT2D eigenvalue weighted by Crippen LogP contribution is 2.39. The number of hydrogen-bond donors (Lipinski definition) is 0. The Morgan fingerprint density at radius 2 is 1.00 bits per heavy atom. The highest BCUT2D eigenvalue weighted by molar-refractivity contribution is 9.10. The molecule has 0 saturated heterocycles. The largest absolute Gasteiger partial charge is 0.0683 e. The molecule has 2 aromatic carbocycles. The van der Waals surface area contributed by atoms with E-state index in [0.717, 1.165) is 0 Å². The lowest BCUT2D eigenvalue weighted by Crippen LogP contribution is -1.89. The van der Waals surface area contributed by atoms with Crippen LogP contribution in [0.2, 0.25) is 0 Å². The van der Waals surface area contributed by atoms with Gasteiger partial charge >= 0.3 is 0 Å². The van der Waals surface area contributed by atoms with Crippen LogP contribution >= 0.6 is 31.9 Å². The van der Waals surface area contributed by atoms with E-state index in [4.69, 9.17) is 0 Å². The van der Waals surface area contributed by atoms with Crippen molar-refractivity contribution in [2.24, 2.45) is 0 Å². The SMILES string of the molecule is CC.CC1=Cc2c(Br)cccc2C1C.CC1=Cc2c(Br)cccc2C1C. The zero-order valence-corrected chi connectivity index (χ0v) is 19.7. The maximum Gasteiger partial charge on any atom is 0.0250 e. The van der Waals surface area contributed by atoms with Crippen molar-refractivity contribution >= 4 is 44.0 Å². The van der Waals surface area contributed by atoms with Gasteiger partial charge in [0.2, 0.25) is 0 Å². The fraction of sp³-hybridized carbons (Fsp3) is 0.333. The molecule has 2 heteroatoms. The zero-order chi connectivity index (χ0) is 19.4. The summed E-state index contributed by atoms with van der Waals surface area (Å²) >= 11 is 7.12. The molecule has 0 saturated carbocycles. The lowest BCUT2D eigenvalue weighted by Gasteiger charge is -2.07. The van der Waals surface area contributed by atoms with Gasteiger partial charge in [0.15, 0.2) is 0 Å². The molecule has 2 aliphatic carbocycles. The topological polar surface area (TPSA) is 0 Å². The van der Waals surface area contributed by atoms with Crippen molar-refractivity contribution in [3.8, 4) is 0 Å². The third kappa shape index (κ3) is 4.23. The van der Waals surface area contributed by atoms with E-state index >= 15 is 0 Å². The Morgan fingerprint density at radius 3 is 1.31 bits per heavy atom. The van der Waals surface area contributed by atoms with Crippen LogP contribution in [0.5, 0.6) is 0 Å². The standard InChI is InChI=1S/2C11H11Br.C2H6/c2*1-7-6-10-9(8(7)2)4-3-5-11(10)12;1-2/h2*3-6,8H,1-2H3;1-2H3. The molecule has 0 spiro atoms. The molecule has 0 fully saturated rings. The summed E-state index contributed by atoms with van der Waals surface area (Å²) in [6, 6.07) is 12.8. The van der Waals surface area contributed by atoms with Crippen LogP contribution in [0.15, 0.2) is 56.5 Å². The molecule has 0 bridgehead atoms. The van der Waals surface area contributed by atoms with Gasteiger partial charge in [0.1, 0.15) is 0 Å². The van der Waals surface area contributed by atoms with E-state index in [1.165, 1.54) is 42.3 Å². The van der Waals surface area contributed by atoms with Gasteiger partial charge < -0.3 is 0 Å². The Labute approximate surface area is 175 Å². The van der Waals surface area contributed by atoms with Gasteiger partial charge in [0.25, 0.3) is 0 Å². The molecular weight excluding hydrogens is 448 g/mol. The van der Waals surface area contributed by atoms with E-state index in [2.05, 4.69) is 108 Å². The summed E-state index contributed by atoms with van der Waals surface area (Å²) in [4.78, 5) is 0. The van der Waals surface area contributed by atoms with Crippen molar-refractivity contribution in [1.82, 2.24) is 0 Å². The fourth-order valence-corrected chi connectivity index (χ4v) is 4.36. The molecular formula is C24H28Br2. The van der Waals surface area contributed by atoms with Crippen molar-refractivity contribution in [3.05, 3.63) is 78.7 Å². The highest BCUT2D eigenvalue weighted by atomic mass is 79.9. The quantitative estimate of drug-likeness (QED) is 0.356. The molecule has 0 aromatic heterocycles. The molecule has 2 atom stereocenters. The molecule has 0 nitrogen and oxygen atoms in total. The molecule has 26 heavy (non-hydrogen) atoms. The minimum absolute atomic E-state index is 0.595. The number of benzene rings is 2. The first kappa shape index (κ1) is 21.2. The van der Waals surface area contributed by atoms with Crippen LogP contribution in [0.1, 0.15) is 75.6 Å². The van der Waals surface area contributed by atoms with Crippen LogP contribution in [0.25, 0.3) is 12.2 Å². The van der Waals surface area contributed by atoms with Crippen LogP contribution in [0, 0.1) is 0 Å². The van der Waals surface area contributed by atoms with Gasteiger partial charge in [-0.1, -0.05) is 107 Å². The Morgan fingerprint density at radius 1 is 0.654 bits per heavy atom. The first-order chi connectivity index (χ1) is 12.4. The Balaban J connectivity index is 0.000000171. The first-order valence-corrected chi connectivity index (χ1v) is 10.9. The fourth-order valence-electron chi connectivity index (χ4n) is 3.36. The molecule has 4 rings (SSSR count). The van der Waals surface area contributed by atoms with E-state index in [1.54, 1.807) is 0 Å². The second-order valence-electron chi connectivity index (χ2n) is 6.71. The van der Waals surface area contributed by atoms with Gasteiger partial charge in [-0.25, -0.2) is 0 Å². The number of halogens is 2. The lowest BCUT2D eigenvalue weighted by molar-refractivity contribution is 0.921. The van der Waals surface area contributed by atoms with E-state index in [9.17, 15) is 0 Å². The van der Waals surface area contributed by atoms with E-state index in [1.807, 2.05) is 13.8 Å². The minimum atomic E-state index is 0.595. The van der Waals surface area contributed by atoms with Crippen molar-refractivity contribution in [1.29, 1.82) is 0 Å². The van der Waals surface area contributed by atoms with Gasteiger partial charge in [0.05, 0.1) is 0 Å². The van der Waals surface area contributed by atoms with Crippen LogP contribution < -0.4 is 0 Å². The van der Waals surface area contributed by atoms with E-state index in [0.29, 0.717) is 11.8 Å². The minimum Gasteiger partial charge on any atom is -0.0683 e. The van der Waals surface area contributed by atoms with Gasteiger partial charge in [0, 0.05) is 20.8 Å². The maximum atomic E-state index is 3.56. The van der Waals surface area contributed by atoms with Crippen molar-refractivity contribution in [2.45, 2.75) is 53.4 Å². The monoisotopic (exact) mass is 474 g/mol. The molecule has 0 amide bonds. The number of allylic oxidation sites excluding steroid dienone is 2. The summed E-state index contributed by atoms with van der Waals surface area (Å²) in [5.74, 6) is 1.19. The third-order valence-corrected chi connectivity index (χ3v) is 6.60. The van der Waals surface area contributed by atoms with Crippen molar-refractivity contribution in [3.63, 3.8) is 0 Å². The second kappa shape index (κ2) is 9.19. The van der Waals surface area contributed by atoms with Crippen molar-refractivity contribution < 1.29 is 0 Å². The molecule has 2 unspecified atom stereocenters. The first-order valence-electron chi connectivity index (χ1n) is 9.33.